The Labute approximate surface area is 158 Å². The molecule has 1 aliphatic heterocycles. The van der Waals surface area contributed by atoms with Crippen molar-refractivity contribution in [2.45, 2.75) is 6.42 Å². The number of aromatic nitrogens is 1. The minimum atomic E-state index is -0.723. The first-order chi connectivity index (χ1) is 13.0. The summed E-state index contributed by atoms with van der Waals surface area (Å²) in [5, 5.41) is 4.00. The average Bonchev–Trinajstić information content (AvgIpc) is 3.36. The highest BCUT2D eigenvalue weighted by Crippen LogP contribution is 2.28. The molecule has 1 amide bonds. The monoisotopic (exact) mass is 391 g/mol. The Balaban J connectivity index is 2.11. The molecule has 3 heterocycles. The average molecular weight is 392 g/mol. The van der Waals surface area contributed by atoms with Gasteiger partial charge in [0.05, 0.1) is 43.7 Å². The molecule has 0 aromatic carbocycles. The number of halogens is 1. The number of methoxy groups -OCH3 is 2. The van der Waals surface area contributed by atoms with Crippen LogP contribution in [0.25, 0.3) is 6.08 Å². The van der Waals surface area contributed by atoms with Crippen LogP contribution in [0, 0.1) is 0 Å². The largest absolute Gasteiger partial charge is 0.469 e. The SMILES string of the molecule is COC(=O)Cc1c(Cl)[nH]c(/C=C2/C(=O)NN=C2c2ccco2)c1C(=O)OC. The molecular weight excluding hydrogens is 378 g/mol. The lowest BCUT2D eigenvalue weighted by atomic mass is 10.0. The van der Waals surface area contributed by atoms with Crippen molar-refractivity contribution in [3.8, 4) is 0 Å². The minimum absolute atomic E-state index is 0.0268. The first kappa shape index (κ1) is 18.5. The Kier molecular flexibility index (Phi) is 5.13. The van der Waals surface area contributed by atoms with Gasteiger partial charge in [-0.05, 0) is 18.2 Å². The number of nitrogens with one attached hydrogen (secondary N) is 2. The van der Waals surface area contributed by atoms with E-state index >= 15 is 0 Å². The zero-order valence-corrected chi connectivity index (χ0v) is 15.0. The number of carbonyl (C=O) groups is 3. The topological polar surface area (TPSA) is 123 Å². The number of H-pyrrole nitrogens is 1. The molecular formula is C17H14ClN3O6. The molecule has 0 aliphatic carbocycles. The molecule has 9 nitrogen and oxygen atoms in total. The van der Waals surface area contributed by atoms with E-state index in [1.54, 1.807) is 12.1 Å². The lowest BCUT2D eigenvalue weighted by Crippen LogP contribution is -2.14. The molecule has 0 bridgehead atoms. The standard InChI is InChI=1S/C17H14ClN3O6/c1-25-12(22)7-8-13(17(24)26-2)10(19-15(8)18)6-9-14(20-21-16(9)23)11-4-3-5-27-11/h3-6,19H,7H2,1-2H3,(H,21,23)/b9-6+. The quantitative estimate of drug-likeness (QED) is 0.590. The van der Waals surface area contributed by atoms with Crippen LogP contribution in [-0.2, 0) is 25.5 Å². The molecule has 27 heavy (non-hydrogen) atoms. The predicted octanol–water partition coefficient (Wildman–Crippen LogP) is 1.68. The zero-order valence-electron chi connectivity index (χ0n) is 14.3. The molecule has 1 aliphatic rings. The number of rotatable bonds is 5. The highest BCUT2D eigenvalue weighted by Gasteiger charge is 2.29. The van der Waals surface area contributed by atoms with E-state index in [1.807, 2.05) is 0 Å². The first-order valence-electron chi connectivity index (χ1n) is 7.65. The number of amides is 1. The molecule has 0 fully saturated rings. The Morgan fingerprint density at radius 1 is 1.33 bits per heavy atom. The third kappa shape index (κ3) is 3.49. The second-order valence-electron chi connectivity index (χ2n) is 5.39. The van der Waals surface area contributed by atoms with E-state index in [1.165, 1.54) is 26.6 Å². The molecule has 0 radical (unpaired) electrons. The third-order valence-electron chi connectivity index (χ3n) is 3.83. The van der Waals surface area contributed by atoms with E-state index in [0.29, 0.717) is 5.76 Å². The molecule has 0 spiro atoms. The summed E-state index contributed by atoms with van der Waals surface area (Å²) in [5.74, 6) is -1.43. The predicted molar refractivity (Wildman–Crippen MR) is 94.2 cm³/mol. The summed E-state index contributed by atoms with van der Waals surface area (Å²) in [6, 6.07) is 3.29. The van der Waals surface area contributed by atoms with E-state index in [9.17, 15) is 14.4 Å². The van der Waals surface area contributed by atoms with Crippen molar-refractivity contribution in [3.63, 3.8) is 0 Å². The van der Waals surface area contributed by atoms with Gasteiger partial charge in [-0.1, -0.05) is 11.6 Å². The summed E-state index contributed by atoms with van der Waals surface area (Å²) in [5.41, 5.74) is 3.18. The lowest BCUT2D eigenvalue weighted by Gasteiger charge is -2.04. The highest BCUT2D eigenvalue weighted by atomic mass is 35.5. The Bertz CT molecular complexity index is 971. The van der Waals surface area contributed by atoms with E-state index in [0.717, 1.165) is 0 Å². The number of esters is 2. The number of hydrogen-bond donors (Lipinski definition) is 2. The molecule has 140 valence electrons. The van der Waals surface area contributed by atoms with E-state index in [-0.39, 0.29) is 39.7 Å². The summed E-state index contributed by atoms with van der Waals surface area (Å²) in [4.78, 5) is 38.9. The van der Waals surface area contributed by atoms with Crippen LogP contribution >= 0.6 is 11.6 Å². The van der Waals surface area contributed by atoms with Crippen molar-refractivity contribution in [2.75, 3.05) is 14.2 Å². The fourth-order valence-corrected chi connectivity index (χ4v) is 2.83. The van der Waals surface area contributed by atoms with Crippen molar-refractivity contribution in [1.82, 2.24) is 10.4 Å². The number of nitrogens with zero attached hydrogens (tertiary/aromatic N) is 1. The van der Waals surface area contributed by atoms with Crippen molar-refractivity contribution in [1.29, 1.82) is 0 Å². The molecule has 0 saturated heterocycles. The van der Waals surface area contributed by atoms with Gasteiger partial charge in [-0.25, -0.2) is 10.2 Å². The maximum atomic E-state index is 12.3. The molecule has 0 unspecified atom stereocenters. The second-order valence-corrected chi connectivity index (χ2v) is 5.77. The van der Waals surface area contributed by atoms with Crippen LogP contribution < -0.4 is 5.43 Å². The number of hydrogen-bond acceptors (Lipinski definition) is 7. The van der Waals surface area contributed by atoms with Crippen molar-refractivity contribution in [3.05, 3.63) is 51.7 Å². The number of hydrazone groups is 1. The fraction of sp³-hybridized carbons (Fsp3) is 0.176. The van der Waals surface area contributed by atoms with Gasteiger partial charge in [0.1, 0.15) is 10.9 Å². The van der Waals surface area contributed by atoms with Crippen LogP contribution in [-0.4, -0.2) is 42.8 Å². The maximum absolute atomic E-state index is 12.3. The zero-order chi connectivity index (χ0) is 19.6. The molecule has 0 atom stereocenters. The summed E-state index contributed by atoms with van der Waals surface area (Å²) >= 11 is 6.16. The van der Waals surface area contributed by atoms with Gasteiger partial charge in [0.2, 0.25) is 0 Å². The van der Waals surface area contributed by atoms with Crippen LogP contribution in [0.1, 0.15) is 27.4 Å². The van der Waals surface area contributed by atoms with Crippen LogP contribution in [0.2, 0.25) is 5.15 Å². The molecule has 3 rings (SSSR count). The molecule has 0 saturated carbocycles. The van der Waals surface area contributed by atoms with Crippen LogP contribution in [0.5, 0.6) is 0 Å². The van der Waals surface area contributed by atoms with Crippen LogP contribution in [0.3, 0.4) is 0 Å². The number of aromatic amines is 1. The van der Waals surface area contributed by atoms with Gasteiger partial charge in [-0.3, -0.25) is 9.59 Å². The molecule has 2 N–H and O–H groups in total. The number of furan rings is 1. The van der Waals surface area contributed by atoms with Gasteiger partial charge in [0, 0.05) is 5.56 Å². The Morgan fingerprint density at radius 3 is 2.74 bits per heavy atom. The van der Waals surface area contributed by atoms with Gasteiger partial charge < -0.3 is 18.9 Å². The van der Waals surface area contributed by atoms with Crippen molar-refractivity contribution >= 4 is 41.2 Å². The Hall–Kier alpha value is -3.33. The summed E-state index contributed by atoms with van der Waals surface area (Å²) in [7, 11) is 2.42. The van der Waals surface area contributed by atoms with Crippen molar-refractivity contribution < 1.29 is 28.3 Å². The Morgan fingerprint density at radius 2 is 2.11 bits per heavy atom. The maximum Gasteiger partial charge on any atom is 0.340 e. The van der Waals surface area contributed by atoms with Crippen LogP contribution in [0.15, 0.2) is 33.5 Å². The van der Waals surface area contributed by atoms with E-state index in [4.69, 9.17) is 20.8 Å². The summed E-state index contributed by atoms with van der Waals surface area (Å²) in [6.45, 7) is 0. The van der Waals surface area contributed by atoms with Gasteiger partial charge in [-0.15, -0.1) is 0 Å². The van der Waals surface area contributed by atoms with Gasteiger partial charge >= 0.3 is 11.9 Å². The van der Waals surface area contributed by atoms with E-state index < -0.39 is 17.8 Å². The van der Waals surface area contributed by atoms with Crippen molar-refractivity contribution in [2.24, 2.45) is 5.10 Å². The molecule has 10 heteroatoms. The summed E-state index contributed by atoms with van der Waals surface area (Å²) in [6.07, 6.45) is 2.59. The summed E-state index contributed by atoms with van der Waals surface area (Å²) < 4.78 is 14.7. The van der Waals surface area contributed by atoms with Gasteiger partial charge in [-0.2, -0.15) is 5.10 Å². The first-order valence-corrected chi connectivity index (χ1v) is 8.03. The lowest BCUT2D eigenvalue weighted by molar-refractivity contribution is -0.139. The molecule has 2 aromatic heterocycles. The van der Waals surface area contributed by atoms with Crippen LogP contribution in [0.4, 0.5) is 0 Å². The van der Waals surface area contributed by atoms with E-state index in [2.05, 4.69) is 20.2 Å². The third-order valence-corrected chi connectivity index (χ3v) is 4.15. The smallest absolute Gasteiger partial charge is 0.340 e. The van der Waals surface area contributed by atoms with Gasteiger partial charge in [0.15, 0.2) is 5.76 Å². The molecule has 2 aromatic rings. The second kappa shape index (κ2) is 7.50. The number of ether oxygens (including phenoxy) is 2. The normalized spacial score (nSPS) is 14.9. The highest BCUT2D eigenvalue weighted by molar-refractivity contribution is 6.33. The fourth-order valence-electron chi connectivity index (χ4n) is 2.57. The minimum Gasteiger partial charge on any atom is -0.469 e. The number of carbonyl (C=O) groups excluding carboxylic acids is 3. The van der Waals surface area contributed by atoms with Gasteiger partial charge in [0.25, 0.3) is 5.91 Å².